The number of hydrogen-bond acceptors (Lipinski definition) is 2. The van der Waals surface area contributed by atoms with Gasteiger partial charge in [-0.1, -0.05) is 13.8 Å². The van der Waals surface area contributed by atoms with E-state index in [2.05, 4.69) is 0 Å². The monoisotopic (exact) mass is 827 g/mol. The third-order valence-electron chi connectivity index (χ3n) is 6.12. The molecule has 0 saturated carbocycles. The highest BCUT2D eigenvalue weighted by Gasteiger charge is 2.89. The molecule has 0 radical (unpaired) electrons. The van der Waals surface area contributed by atoms with Gasteiger partial charge in [-0.2, -0.15) is 87.8 Å². The van der Waals surface area contributed by atoms with Crippen LogP contribution in [0.4, 0.5) is 105 Å². The van der Waals surface area contributed by atoms with E-state index in [1.165, 1.54) is 5.32 Å². The van der Waals surface area contributed by atoms with Gasteiger partial charge in [-0.15, -0.1) is 0 Å². The lowest BCUT2D eigenvalue weighted by Gasteiger charge is -2.43. The molecule has 0 rings (SSSR count). The number of rotatable bonds is 17. The molecule has 0 saturated heterocycles. The van der Waals surface area contributed by atoms with Crippen LogP contribution in [0.2, 0.25) is 0 Å². The van der Waals surface area contributed by atoms with Gasteiger partial charge in [-0.05, 0) is 13.3 Å². The molecule has 0 aliphatic heterocycles. The summed E-state index contributed by atoms with van der Waals surface area (Å²) in [5.74, 6) is -76.5. The standard InChI is InChI=1S/C20H19F24N.H3O4P/c1-7(2)45-10(3,6-12(27,28)16(35,36)20(43,44)18(39,40)14(31,32)9(23)24)4-5-11(25,26)15(33,34)19(41,42)17(37,38)13(29,30)8(21)22;1-5(2,3)4/h7-9,45H,4-6H2,1-3H3;(H3,1,2,3,4). The SMILES string of the molecule is CC(C)NC(C)(CCC(F)(F)C(F)(F)C(F)(F)C(F)(F)C(F)(F)C(F)F)CC(F)(F)C(F)(F)C(F)(F)C(F)(F)C(F)(F)C(F)F.O=P(O)(O)O. The topological polar surface area (TPSA) is 89.8 Å². The van der Waals surface area contributed by atoms with Crippen molar-refractivity contribution in [3.05, 3.63) is 0 Å². The largest absolute Gasteiger partial charge is 0.466 e. The molecule has 0 amide bonds. The van der Waals surface area contributed by atoms with Crippen molar-refractivity contribution < 1.29 is 125 Å². The lowest BCUT2D eigenvalue weighted by molar-refractivity contribution is -0.415. The zero-order valence-corrected chi connectivity index (χ0v) is 25.0. The van der Waals surface area contributed by atoms with Crippen molar-refractivity contribution in [1.82, 2.24) is 5.32 Å². The Morgan fingerprint density at radius 3 is 1.00 bits per heavy atom. The second-order valence-corrected chi connectivity index (χ2v) is 11.8. The molecule has 0 spiro atoms. The van der Waals surface area contributed by atoms with Crippen molar-refractivity contribution in [2.24, 2.45) is 0 Å². The molecule has 0 aromatic carbocycles. The van der Waals surface area contributed by atoms with Crippen molar-refractivity contribution in [3.63, 3.8) is 0 Å². The number of nitrogens with one attached hydrogen (secondary N) is 1. The molecule has 50 heavy (non-hydrogen) atoms. The summed E-state index contributed by atoms with van der Waals surface area (Å²) in [6, 6.07) is -1.57. The Bertz CT molecular complexity index is 1160. The molecule has 0 aliphatic carbocycles. The highest BCUT2D eigenvalue weighted by molar-refractivity contribution is 7.45. The number of phosphoric acid groups is 1. The maximum absolute atomic E-state index is 14.4. The van der Waals surface area contributed by atoms with Crippen LogP contribution in [-0.4, -0.2) is 98.3 Å². The lowest BCUT2D eigenvalue weighted by Crippen LogP contribution is -2.70. The molecule has 0 aromatic rings. The van der Waals surface area contributed by atoms with Gasteiger partial charge in [0.2, 0.25) is 0 Å². The summed E-state index contributed by atoms with van der Waals surface area (Å²) in [7, 11) is -4.64. The first-order valence-electron chi connectivity index (χ1n) is 12.1. The predicted molar refractivity (Wildman–Crippen MR) is 116 cm³/mol. The fourth-order valence-electron chi connectivity index (χ4n) is 3.65. The van der Waals surface area contributed by atoms with E-state index in [1.54, 1.807) is 0 Å². The van der Waals surface area contributed by atoms with Crippen LogP contribution in [0.25, 0.3) is 0 Å². The highest BCUT2D eigenvalue weighted by Crippen LogP contribution is 2.61. The van der Waals surface area contributed by atoms with Gasteiger partial charge < -0.3 is 20.0 Å². The van der Waals surface area contributed by atoms with Crippen molar-refractivity contribution in [3.8, 4) is 0 Å². The second kappa shape index (κ2) is 14.7. The third-order valence-corrected chi connectivity index (χ3v) is 6.12. The molecule has 0 aromatic heterocycles. The Labute approximate surface area is 262 Å². The van der Waals surface area contributed by atoms with Gasteiger partial charge in [0.1, 0.15) is 0 Å². The summed E-state index contributed by atoms with van der Waals surface area (Å²) in [4.78, 5) is 21.6. The molecular weight excluding hydrogens is 805 g/mol. The summed E-state index contributed by atoms with van der Waals surface area (Å²) in [6.45, 7) is 1.38. The second-order valence-electron chi connectivity index (χ2n) is 10.8. The number of alkyl halides is 24. The first-order chi connectivity index (χ1) is 21.2. The van der Waals surface area contributed by atoms with Crippen LogP contribution in [0.5, 0.6) is 0 Å². The van der Waals surface area contributed by atoms with Gasteiger partial charge in [0.15, 0.2) is 0 Å². The van der Waals surface area contributed by atoms with Gasteiger partial charge in [0.25, 0.3) is 0 Å². The molecule has 4 N–H and O–H groups in total. The van der Waals surface area contributed by atoms with E-state index in [0.29, 0.717) is 0 Å². The molecular formula is C20H22F24NO4P. The van der Waals surface area contributed by atoms with E-state index in [4.69, 9.17) is 19.2 Å². The minimum Gasteiger partial charge on any atom is -0.309 e. The first-order valence-corrected chi connectivity index (χ1v) is 13.7. The minimum absolute atomic E-state index is 0.104. The fraction of sp³-hybridized carbons (Fsp3) is 1.00. The summed E-state index contributed by atoms with van der Waals surface area (Å²) in [5.41, 5.74) is -3.62. The average molecular weight is 827 g/mol. The zero-order chi connectivity index (χ0) is 41.6. The minimum atomic E-state index is -8.12. The third kappa shape index (κ3) is 9.48. The lowest BCUT2D eigenvalue weighted by atomic mass is 9.81. The normalized spacial score (nSPS) is 16.9. The van der Waals surface area contributed by atoms with E-state index in [1.807, 2.05) is 0 Å². The predicted octanol–water partition coefficient (Wildman–Crippen LogP) is 8.87. The van der Waals surface area contributed by atoms with Crippen LogP contribution < -0.4 is 5.32 Å². The van der Waals surface area contributed by atoms with E-state index in [-0.39, 0.29) is 6.92 Å². The molecule has 304 valence electrons. The molecule has 1 atom stereocenters. The average Bonchev–Trinajstić information content (AvgIpc) is 2.84. The number of hydrogen-bond donors (Lipinski definition) is 4. The van der Waals surface area contributed by atoms with E-state index in [0.717, 1.165) is 13.8 Å². The van der Waals surface area contributed by atoms with Gasteiger partial charge >= 0.3 is 79.9 Å². The Kier molecular flexibility index (Phi) is 14.8. The molecule has 30 heteroatoms. The van der Waals surface area contributed by atoms with Crippen molar-refractivity contribution in [1.29, 1.82) is 0 Å². The Balaban J connectivity index is 0. The van der Waals surface area contributed by atoms with Gasteiger partial charge in [0.05, 0.1) is 0 Å². The Hall–Kier alpha value is -1.61. The summed E-state index contributed by atoms with van der Waals surface area (Å²) in [6.07, 6.45) is -20.8. The van der Waals surface area contributed by atoms with Gasteiger partial charge in [-0.3, -0.25) is 0 Å². The van der Waals surface area contributed by atoms with Crippen molar-refractivity contribution >= 4 is 7.82 Å². The van der Waals surface area contributed by atoms with Crippen molar-refractivity contribution in [2.75, 3.05) is 0 Å². The van der Waals surface area contributed by atoms with Crippen LogP contribution in [0.15, 0.2) is 0 Å². The van der Waals surface area contributed by atoms with Gasteiger partial charge in [-0.25, -0.2) is 22.1 Å². The quantitative estimate of drug-likeness (QED) is 0.0870. The molecule has 1 unspecified atom stereocenters. The maximum Gasteiger partial charge on any atom is 0.466 e. The Morgan fingerprint density at radius 2 is 0.760 bits per heavy atom. The van der Waals surface area contributed by atoms with Crippen LogP contribution in [0.1, 0.15) is 40.0 Å². The Morgan fingerprint density at radius 1 is 0.500 bits per heavy atom. The summed E-state index contributed by atoms with van der Waals surface area (Å²) < 4.78 is 331. The van der Waals surface area contributed by atoms with Gasteiger partial charge in [0, 0.05) is 24.4 Å². The highest BCUT2D eigenvalue weighted by atomic mass is 31.2. The smallest absolute Gasteiger partial charge is 0.309 e. The first kappa shape index (κ1) is 50.5. The fourth-order valence-corrected chi connectivity index (χ4v) is 3.65. The van der Waals surface area contributed by atoms with E-state index in [9.17, 15) is 105 Å². The molecule has 5 nitrogen and oxygen atoms in total. The van der Waals surface area contributed by atoms with Crippen molar-refractivity contribution in [2.45, 2.75) is 124 Å². The molecule has 0 aliphatic rings. The van der Waals surface area contributed by atoms with Crippen LogP contribution in [0, 0.1) is 0 Å². The van der Waals surface area contributed by atoms with E-state index >= 15 is 0 Å². The molecule has 0 fully saturated rings. The summed E-state index contributed by atoms with van der Waals surface area (Å²) >= 11 is 0. The maximum atomic E-state index is 14.4. The van der Waals surface area contributed by atoms with Crippen LogP contribution >= 0.6 is 7.82 Å². The van der Waals surface area contributed by atoms with Crippen LogP contribution in [-0.2, 0) is 4.57 Å². The number of halogens is 24. The molecule has 0 bridgehead atoms. The van der Waals surface area contributed by atoms with Crippen LogP contribution in [0.3, 0.4) is 0 Å². The van der Waals surface area contributed by atoms with E-state index < -0.39 is 111 Å². The summed E-state index contributed by atoms with van der Waals surface area (Å²) in [5, 5.41) is 1.51. The molecule has 0 heterocycles. The zero-order valence-electron chi connectivity index (χ0n) is 24.1.